The zero-order chi connectivity index (χ0) is 12.8. The summed E-state index contributed by atoms with van der Waals surface area (Å²) >= 11 is 0. The largest absolute Gasteiger partial charge is 0.472 e. The summed E-state index contributed by atoms with van der Waals surface area (Å²) in [6.45, 7) is 0.116. The molecule has 1 aromatic rings. The molecular weight excluding hydrogens is 228 g/mol. The second kappa shape index (κ2) is 6.55. The van der Waals surface area contributed by atoms with Crippen molar-refractivity contribution in [2.75, 3.05) is 6.61 Å². The number of allylic oxidation sites excluding steroid dienone is 1. The van der Waals surface area contributed by atoms with Gasteiger partial charge in [-0.1, -0.05) is 6.08 Å². The summed E-state index contributed by atoms with van der Waals surface area (Å²) in [4.78, 5) is 11.9. The first-order valence-corrected chi connectivity index (χ1v) is 6.66. The maximum Gasteiger partial charge on any atom is 0.158 e. The smallest absolute Gasteiger partial charge is 0.158 e. The molecule has 0 aromatic carbocycles. The molecule has 0 radical (unpaired) electrons. The van der Waals surface area contributed by atoms with Crippen LogP contribution < -0.4 is 0 Å². The molecule has 1 aromatic heterocycles. The van der Waals surface area contributed by atoms with Crippen LogP contribution >= 0.6 is 0 Å². The molecular formula is C15H20O3. The summed E-state index contributed by atoms with van der Waals surface area (Å²) in [6, 6.07) is 1.97. The van der Waals surface area contributed by atoms with E-state index in [4.69, 9.17) is 9.52 Å². The lowest BCUT2D eigenvalue weighted by molar-refractivity contribution is -0.117. The van der Waals surface area contributed by atoms with Gasteiger partial charge in [0.15, 0.2) is 5.78 Å². The lowest BCUT2D eigenvalue weighted by Crippen LogP contribution is -2.20. The number of ketones is 1. The number of carbonyl (C=O) groups is 1. The Bertz CT molecular complexity index is 403. The second-order valence-corrected chi connectivity index (χ2v) is 4.85. The molecule has 1 atom stereocenters. The van der Waals surface area contributed by atoms with Crippen molar-refractivity contribution in [3.8, 4) is 0 Å². The number of aryl methyl sites for hydroxylation is 1. The van der Waals surface area contributed by atoms with Crippen molar-refractivity contribution in [1.29, 1.82) is 0 Å². The minimum Gasteiger partial charge on any atom is -0.472 e. The first-order valence-electron chi connectivity index (χ1n) is 6.66. The van der Waals surface area contributed by atoms with Crippen molar-refractivity contribution >= 4 is 5.78 Å². The Morgan fingerprint density at radius 3 is 3.11 bits per heavy atom. The summed E-state index contributed by atoms with van der Waals surface area (Å²) < 4.78 is 5.05. The average Bonchev–Trinajstić information content (AvgIpc) is 2.88. The molecule has 0 aliphatic heterocycles. The van der Waals surface area contributed by atoms with Gasteiger partial charge in [-0.2, -0.15) is 0 Å². The van der Waals surface area contributed by atoms with Gasteiger partial charge in [-0.05, 0) is 55.2 Å². The van der Waals surface area contributed by atoms with Gasteiger partial charge in [0.2, 0.25) is 0 Å². The van der Waals surface area contributed by atoms with Crippen LogP contribution in [0.15, 0.2) is 34.7 Å². The lowest BCUT2D eigenvalue weighted by Gasteiger charge is -2.24. The zero-order valence-electron chi connectivity index (χ0n) is 10.6. The van der Waals surface area contributed by atoms with Gasteiger partial charge in [0.25, 0.3) is 0 Å². The Kier molecular flexibility index (Phi) is 4.76. The zero-order valence-corrected chi connectivity index (χ0v) is 10.6. The van der Waals surface area contributed by atoms with E-state index in [-0.39, 0.29) is 12.4 Å². The Balaban J connectivity index is 1.97. The fraction of sp³-hybridized carbons (Fsp3) is 0.533. The third-order valence-corrected chi connectivity index (χ3v) is 3.57. The maximum absolute atomic E-state index is 11.9. The van der Waals surface area contributed by atoms with E-state index in [9.17, 15) is 4.79 Å². The second-order valence-electron chi connectivity index (χ2n) is 4.85. The maximum atomic E-state index is 11.9. The molecule has 2 rings (SSSR count). The Morgan fingerprint density at radius 2 is 2.39 bits per heavy atom. The van der Waals surface area contributed by atoms with Gasteiger partial charge in [0, 0.05) is 13.0 Å². The third kappa shape index (κ3) is 3.33. The highest BCUT2D eigenvalue weighted by molar-refractivity contribution is 5.96. The van der Waals surface area contributed by atoms with Crippen molar-refractivity contribution in [3.63, 3.8) is 0 Å². The van der Waals surface area contributed by atoms with Gasteiger partial charge in [-0.15, -0.1) is 0 Å². The minimum atomic E-state index is 0.116. The number of rotatable bonds is 5. The Labute approximate surface area is 108 Å². The van der Waals surface area contributed by atoms with Crippen LogP contribution in [0.3, 0.4) is 0 Å². The van der Waals surface area contributed by atoms with Crippen LogP contribution in [0.5, 0.6) is 0 Å². The number of aliphatic hydroxyl groups is 1. The highest BCUT2D eigenvalue weighted by Crippen LogP contribution is 2.30. The van der Waals surface area contributed by atoms with Crippen molar-refractivity contribution in [2.45, 2.75) is 38.5 Å². The number of furan rings is 1. The first-order chi connectivity index (χ1) is 8.81. The topological polar surface area (TPSA) is 50.4 Å². The van der Waals surface area contributed by atoms with E-state index >= 15 is 0 Å². The SMILES string of the molecule is O=C1CCCC(CCc2ccoc2)/C1=C/CCO. The highest BCUT2D eigenvalue weighted by Gasteiger charge is 2.24. The summed E-state index contributed by atoms with van der Waals surface area (Å²) in [5, 5.41) is 8.88. The predicted molar refractivity (Wildman–Crippen MR) is 69.2 cm³/mol. The number of aliphatic hydroxyl groups excluding tert-OH is 1. The normalized spacial score (nSPS) is 22.6. The average molecular weight is 248 g/mol. The highest BCUT2D eigenvalue weighted by atomic mass is 16.3. The van der Waals surface area contributed by atoms with Gasteiger partial charge < -0.3 is 9.52 Å². The van der Waals surface area contributed by atoms with Crippen molar-refractivity contribution in [2.24, 2.45) is 5.92 Å². The summed E-state index contributed by atoms with van der Waals surface area (Å²) in [5.74, 6) is 0.625. The summed E-state index contributed by atoms with van der Waals surface area (Å²) in [7, 11) is 0. The van der Waals surface area contributed by atoms with Gasteiger partial charge in [0.05, 0.1) is 12.5 Å². The van der Waals surface area contributed by atoms with Crippen molar-refractivity contribution in [1.82, 2.24) is 0 Å². The molecule has 1 aliphatic carbocycles. The van der Waals surface area contributed by atoms with Crippen LogP contribution in [-0.4, -0.2) is 17.5 Å². The van der Waals surface area contributed by atoms with Crippen LogP contribution in [0.2, 0.25) is 0 Å². The van der Waals surface area contributed by atoms with Crippen molar-refractivity contribution < 1.29 is 14.3 Å². The standard InChI is InChI=1S/C15H20O3/c16-9-2-4-14-13(3-1-5-15(14)17)7-6-12-8-10-18-11-12/h4,8,10-11,13,16H,1-3,5-7,9H2/b14-4-. The third-order valence-electron chi connectivity index (χ3n) is 3.57. The van der Waals surface area contributed by atoms with Crippen LogP contribution in [0.1, 0.15) is 37.7 Å². The molecule has 1 unspecified atom stereocenters. The molecule has 1 fully saturated rings. The molecule has 0 bridgehead atoms. The fourth-order valence-electron chi connectivity index (χ4n) is 2.61. The molecule has 98 valence electrons. The molecule has 0 saturated heterocycles. The molecule has 3 heteroatoms. The van der Waals surface area contributed by atoms with E-state index in [1.807, 2.05) is 12.1 Å². The van der Waals surface area contributed by atoms with Gasteiger partial charge in [0.1, 0.15) is 0 Å². The van der Waals surface area contributed by atoms with Gasteiger partial charge in [-0.25, -0.2) is 0 Å². The van der Waals surface area contributed by atoms with Crippen LogP contribution in [0.4, 0.5) is 0 Å². The Morgan fingerprint density at radius 1 is 1.50 bits per heavy atom. The Hall–Kier alpha value is -1.35. The minimum absolute atomic E-state index is 0.116. The predicted octanol–water partition coefficient (Wildman–Crippen LogP) is 2.89. The van der Waals surface area contributed by atoms with Crippen molar-refractivity contribution in [3.05, 3.63) is 35.8 Å². The quantitative estimate of drug-likeness (QED) is 0.815. The number of carbonyl (C=O) groups excluding carboxylic acids is 1. The molecule has 0 amide bonds. The van der Waals surface area contributed by atoms with Gasteiger partial charge in [-0.3, -0.25) is 4.79 Å². The van der Waals surface area contributed by atoms with Crippen LogP contribution in [0.25, 0.3) is 0 Å². The fourth-order valence-corrected chi connectivity index (χ4v) is 2.61. The number of hydrogen-bond acceptors (Lipinski definition) is 3. The van der Waals surface area contributed by atoms with E-state index in [0.29, 0.717) is 18.8 Å². The molecule has 18 heavy (non-hydrogen) atoms. The van der Waals surface area contributed by atoms with E-state index in [0.717, 1.165) is 31.3 Å². The molecule has 3 nitrogen and oxygen atoms in total. The molecule has 1 saturated carbocycles. The number of hydrogen-bond donors (Lipinski definition) is 1. The molecule has 1 heterocycles. The van der Waals surface area contributed by atoms with E-state index in [1.165, 1.54) is 5.56 Å². The van der Waals surface area contributed by atoms with E-state index < -0.39 is 0 Å². The molecule has 1 N–H and O–H groups in total. The lowest BCUT2D eigenvalue weighted by atomic mass is 9.80. The van der Waals surface area contributed by atoms with E-state index in [2.05, 4.69) is 0 Å². The summed E-state index contributed by atoms with van der Waals surface area (Å²) in [6.07, 6.45) is 10.6. The number of Topliss-reactive ketones (excluding diaryl/α,β-unsaturated/α-hetero) is 1. The van der Waals surface area contributed by atoms with Gasteiger partial charge >= 0.3 is 0 Å². The summed E-state index contributed by atoms with van der Waals surface area (Å²) in [5.41, 5.74) is 2.13. The van der Waals surface area contributed by atoms with E-state index in [1.54, 1.807) is 12.5 Å². The molecule has 1 aliphatic rings. The van der Waals surface area contributed by atoms with Crippen LogP contribution in [0, 0.1) is 5.92 Å². The first kappa shape index (κ1) is 13.1. The van der Waals surface area contributed by atoms with Crippen LogP contribution in [-0.2, 0) is 11.2 Å². The monoisotopic (exact) mass is 248 g/mol. The molecule has 0 spiro atoms.